The Morgan fingerprint density at radius 2 is 0.659 bits per heavy atom. The molecule has 0 saturated carbocycles. The molecule has 3 nitrogen and oxygen atoms in total. The molecule has 0 amide bonds. The maximum Gasteiger partial charge on any atom is 0.416 e. The lowest BCUT2D eigenvalue weighted by atomic mass is 9.93. The molecule has 82 heavy (non-hydrogen) atoms. The summed E-state index contributed by atoms with van der Waals surface area (Å²) in [4.78, 5) is 0. The van der Waals surface area contributed by atoms with E-state index >= 15 is 0 Å². The van der Waals surface area contributed by atoms with E-state index in [4.69, 9.17) is 0 Å². The van der Waals surface area contributed by atoms with Crippen LogP contribution in [0.2, 0.25) is 0 Å². The number of alkyl halides is 6. The van der Waals surface area contributed by atoms with Crippen LogP contribution in [0.4, 0.5) is 26.3 Å². The fraction of sp³-hybridized carbons (Fsp3) is 0.0822. The number of benzene rings is 11. The number of hydrogen-bond donors (Lipinski definition) is 0. The van der Waals surface area contributed by atoms with Crippen molar-refractivity contribution in [3.8, 4) is 84.2 Å². The van der Waals surface area contributed by atoms with Crippen LogP contribution in [0, 0.1) is 39.0 Å². The van der Waals surface area contributed by atoms with Crippen molar-refractivity contribution >= 4 is 43.6 Å². The van der Waals surface area contributed by atoms with Crippen molar-refractivity contribution in [1.29, 1.82) is 5.26 Å². The minimum atomic E-state index is -5.08. The number of halogens is 6. The van der Waals surface area contributed by atoms with Gasteiger partial charge in [0.2, 0.25) is 0 Å². The molecular formula is C73H49F6N3. The number of nitriles is 1. The maximum absolute atomic E-state index is 14.7. The Morgan fingerprint density at radius 1 is 0.305 bits per heavy atom. The Labute approximate surface area is 469 Å². The summed E-state index contributed by atoms with van der Waals surface area (Å²) in [5.41, 5.74) is 15.6. The molecule has 398 valence electrons. The Balaban J connectivity index is 1.14. The highest BCUT2D eigenvalue weighted by Crippen LogP contribution is 2.47. The Hall–Kier alpha value is -9.91. The van der Waals surface area contributed by atoms with Gasteiger partial charge in [-0.1, -0.05) is 133 Å². The van der Waals surface area contributed by atoms with E-state index in [0.717, 1.165) is 123 Å². The predicted octanol–water partition coefficient (Wildman–Crippen LogP) is 21.0. The topological polar surface area (TPSA) is 33.6 Å². The highest BCUT2D eigenvalue weighted by molar-refractivity contribution is 6.14. The molecule has 0 spiro atoms. The van der Waals surface area contributed by atoms with Crippen LogP contribution in [0.1, 0.15) is 38.9 Å². The molecule has 0 aliphatic heterocycles. The maximum atomic E-state index is 14.7. The summed E-state index contributed by atoms with van der Waals surface area (Å²) in [6.45, 7) is 8.31. The molecular weight excluding hydrogens is 1030 g/mol. The molecule has 0 unspecified atom stereocenters. The van der Waals surface area contributed by atoms with Gasteiger partial charge in [0.05, 0.1) is 56.2 Å². The molecule has 0 radical (unpaired) electrons. The van der Waals surface area contributed by atoms with Crippen molar-refractivity contribution in [2.75, 3.05) is 0 Å². The predicted molar refractivity (Wildman–Crippen MR) is 321 cm³/mol. The summed E-state index contributed by atoms with van der Waals surface area (Å²) in [5, 5.41) is 14.5. The van der Waals surface area contributed by atoms with E-state index in [1.54, 1.807) is 24.3 Å². The van der Waals surface area contributed by atoms with Gasteiger partial charge >= 0.3 is 12.4 Å². The zero-order chi connectivity index (χ0) is 56.8. The van der Waals surface area contributed by atoms with E-state index in [1.165, 1.54) is 0 Å². The van der Waals surface area contributed by atoms with Crippen LogP contribution in [0.5, 0.6) is 0 Å². The lowest BCUT2D eigenvalue weighted by molar-refractivity contribution is -0.143. The third kappa shape index (κ3) is 8.88. The SMILES string of the molecule is Cc1ccccc1-c1ccc2c(c1)c1cc(-c3ccccc3C)ccc1n2-c1ccc(C#N)cc1-c1ccc(-c2cc(C(F)(F)F)cc(C(F)(F)F)c2)cc1-n1c2ccc(-c3ccccc3C)cc2c2cc(-c3ccccc3C)ccc21. The first-order valence-electron chi connectivity index (χ1n) is 26.9. The van der Waals surface area contributed by atoms with Crippen molar-refractivity contribution in [2.45, 2.75) is 40.0 Å². The van der Waals surface area contributed by atoms with E-state index in [1.807, 2.05) is 84.9 Å². The van der Waals surface area contributed by atoms with Gasteiger partial charge in [0, 0.05) is 32.7 Å². The van der Waals surface area contributed by atoms with Crippen molar-refractivity contribution in [3.05, 3.63) is 263 Å². The zero-order valence-corrected chi connectivity index (χ0v) is 45.0. The van der Waals surface area contributed by atoms with Gasteiger partial charge in [-0.15, -0.1) is 0 Å². The van der Waals surface area contributed by atoms with Gasteiger partial charge in [-0.25, -0.2) is 0 Å². The molecule has 9 heteroatoms. The zero-order valence-electron chi connectivity index (χ0n) is 45.0. The molecule has 0 saturated heterocycles. The van der Waals surface area contributed by atoms with Gasteiger partial charge in [0.15, 0.2) is 0 Å². The molecule has 13 aromatic rings. The first-order valence-corrected chi connectivity index (χ1v) is 26.9. The molecule has 0 aliphatic carbocycles. The minimum Gasteiger partial charge on any atom is -0.309 e. The first kappa shape index (κ1) is 51.5. The van der Waals surface area contributed by atoms with Crippen molar-refractivity contribution in [3.63, 3.8) is 0 Å². The third-order valence-corrected chi connectivity index (χ3v) is 16.2. The molecule has 0 fully saturated rings. The lowest BCUT2D eigenvalue weighted by Crippen LogP contribution is -2.11. The molecule has 0 aliphatic rings. The smallest absolute Gasteiger partial charge is 0.309 e. The van der Waals surface area contributed by atoms with Crippen LogP contribution < -0.4 is 0 Å². The van der Waals surface area contributed by atoms with Crippen molar-refractivity contribution in [2.24, 2.45) is 0 Å². The number of hydrogen-bond acceptors (Lipinski definition) is 1. The third-order valence-electron chi connectivity index (χ3n) is 16.2. The van der Waals surface area contributed by atoms with Crippen LogP contribution in [0.25, 0.3) is 122 Å². The van der Waals surface area contributed by atoms with Crippen LogP contribution in [0.3, 0.4) is 0 Å². The van der Waals surface area contributed by atoms with Gasteiger partial charge in [0.1, 0.15) is 0 Å². The standard InChI is InChI=1S/C73H49F6N3/c1-43-13-5-9-17-56(43)49-23-29-67-62(36-49)63-37-50(57-18-10-6-14-44(57)2)24-30-68(63)81(67)66-28-21-47(42-80)33-61(66)60-27-22-48(53-34-54(72(74,75)76)41-55(35-53)73(77,78)79)40-71(60)82-69-31-25-51(58-19-11-7-15-45(58)3)38-64(69)65-39-52(26-32-70(65)82)59-20-12-8-16-46(59)4/h5-41H,1-4H3. The Bertz CT molecular complexity index is 4560. The minimum absolute atomic E-state index is 0.126. The number of rotatable bonds is 8. The van der Waals surface area contributed by atoms with Crippen LogP contribution >= 0.6 is 0 Å². The van der Waals surface area contributed by atoms with Gasteiger partial charge in [-0.2, -0.15) is 31.6 Å². The van der Waals surface area contributed by atoms with Gasteiger partial charge < -0.3 is 9.13 Å². The van der Waals surface area contributed by atoms with E-state index < -0.39 is 23.5 Å². The van der Waals surface area contributed by atoms with E-state index in [9.17, 15) is 31.6 Å². The highest BCUT2D eigenvalue weighted by atomic mass is 19.4. The van der Waals surface area contributed by atoms with Crippen molar-refractivity contribution in [1.82, 2.24) is 9.13 Å². The molecule has 11 aromatic carbocycles. The van der Waals surface area contributed by atoms with E-state index in [-0.39, 0.29) is 17.2 Å². The quantitative estimate of drug-likeness (QED) is 0.140. The molecule has 2 aromatic heterocycles. The summed E-state index contributed by atoms with van der Waals surface area (Å²) in [6, 6.07) is 72.8. The van der Waals surface area contributed by atoms with Gasteiger partial charge in [0.25, 0.3) is 0 Å². The fourth-order valence-electron chi connectivity index (χ4n) is 12.1. The summed E-state index contributed by atoms with van der Waals surface area (Å²) in [7, 11) is 0. The second-order valence-electron chi connectivity index (χ2n) is 21.2. The molecule has 2 heterocycles. The largest absolute Gasteiger partial charge is 0.416 e. The van der Waals surface area contributed by atoms with Crippen LogP contribution in [-0.4, -0.2) is 9.13 Å². The van der Waals surface area contributed by atoms with E-state index in [2.05, 4.69) is 140 Å². The van der Waals surface area contributed by atoms with E-state index in [0.29, 0.717) is 28.1 Å². The summed E-state index contributed by atoms with van der Waals surface area (Å²) in [5.74, 6) is 0. The van der Waals surface area contributed by atoms with Crippen LogP contribution in [-0.2, 0) is 12.4 Å². The summed E-state index contributed by atoms with van der Waals surface area (Å²) >= 11 is 0. The average molecular weight is 1080 g/mol. The normalized spacial score (nSPS) is 12.0. The summed E-state index contributed by atoms with van der Waals surface area (Å²) < 4.78 is 92.3. The second-order valence-corrected chi connectivity index (χ2v) is 21.2. The molecule has 0 bridgehead atoms. The Morgan fingerprint density at radius 3 is 1.01 bits per heavy atom. The second kappa shape index (κ2) is 19.7. The average Bonchev–Trinajstić information content (AvgIpc) is 2.55. The summed E-state index contributed by atoms with van der Waals surface area (Å²) in [6.07, 6.45) is -10.2. The van der Waals surface area contributed by atoms with Crippen molar-refractivity contribution < 1.29 is 26.3 Å². The number of aromatic nitrogens is 2. The number of fused-ring (bicyclic) bond motifs is 6. The molecule has 13 rings (SSSR count). The fourth-order valence-corrected chi connectivity index (χ4v) is 12.1. The number of aryl methyl sites for hydroxylation is 4. The number of nitrogens with zero attached hydrogens (tertiary/aromatic N) is 3. The monoisotopic (exact) mass is 1080 g/mol. The molecule has 0 atom stereocenters. The lowest BCUT2D eigenvalue weighted by Gasteiger charge is -2.21. The van der Waals surface area contributed by atoms with Gasteiger partial charge in [-0.3, -0.25) is 0 Å². The Kier molecular flexibility index (Phi) is 12.4. The van der Waals surface area contributed by atoms with Gasteiger partial charge in [-0.05, 0) is 197 Å². The first-order chi connectivity index (χ1) is 39.5. The highest BCUT2D eigenvalue weighted by Gasteiger charge is 2.37. The van der Waals surface area contributed by atoms with Crippen LogP contribution in [0.15, 0.2) is 224 Å². The molecule has 0 N–H and O–H groups in total.